The molecular formula is C62H39NOS. The Kier molecular flexibility index (Phi) is 7.79. The monoisotopic (exact) mass is 845 g/mol. The van der Waals surface area contributed by atoms with Crippen LogP contribution >= 0.6 is 11.8 Å². The van der Waals surface area contributed by atoms with Crippen LogP contribution in [0.25, 0.3) is 33.4 Å². The van der Waals surface area contributed by atoms with Crippen LogP contribution in [-0.4, -0.2) is 0 Å². The van der Waals surface area contributed by atoms with Crippen LogP contribution in [0.4, 0.5) is 17.1 Å². The zero-order chi connectivity index (χ0) is 42.7. The summed E-state index contributed by atoms with van der Waals surface area (Å²) in [7, 11) is 0. The maximum Gasteiger partial charge on any atom is 0.132 e. The Balaban J connectivity index is 1.10. The zero-order valence-electron chi connectivity index (χ0n) is 35.3. The van der Waals surface area contributed by atoms with E-state index in [-0.39, 0.29) is 0 Å². The molecule has 0 saturated heterocycles. The summed E-state index contributed by atoms with van der Waals surface area (Å²) in [5, 5.41) is 0. The fraction of sp³-hybridized carbons (Fsp3) is 0.0323. The molecule has 2 aliphatic heterocycles. The summed E-state index contributed by atoms with van der Waals surface area (Å²) in [6, 6.07) is 87.6. The normalized spacial score (nSPS) is 14.5. The first-order chi connectivity index (χ1) is 32.3. The molecule has 0 amide bonds. The minimum atomic E-state index is -0.602. The number of ether oxygens (including phenoxy) is 1. The summed E-state index contributed by atoms with van der Waals surface area (Å²) in [5.74, 6) is 1.78. The molecule has 10 aromatic carbocycles. The standard InChI is InChI=1S/C62H39NOS/c1-2-19-40(20-3-1)42-21-6-13-31-54(42)63(41-37-38-44-43-22-4-7-24-46(43)62(53(44)39-41)50-28-11-16-35-58(50)65-59-36-17-12-29-51(59)62)55-32-18-30-52-60(55)45-23-5-8-25-47(45)61(52)48-26-9-14-33-56(48)64-57-34-15-10-27-49(57)61/h1-39H. The van der Waals surface area contributed by atoms with E-state index in [1.807, 2.05) is 11.8 Å². The number of fused-ring (bicyclic) bond motifs is 18. The van der Waals surface area contributed by atoms with Crippen molar-refractivity contribution >= 4 is 28.8 Å². The highest BCUT2D eigenvalue weighted by Gasteiger charge is 2.53. The molecule has 0 aromatic heterocycles. The topological polar surface area (TPSA) is 12.5 Å². The van der Waals surface area contributed by atoms with Gasteiger partial charge in [0.15, 0.2) is 0 Å². The Morgan fingerprint density at radius 2 is 0.800 bits per heavy atom. The van der Waals surface area contributed by atoms with Crippen molar-refractivity contribution in [3.8, 4) is 44.9 Å². The molecule has 2 aliphatic carbocycles. The van der Waals surface area contributed by atoms with E-state index in [4.69, 9.17) is 4.74 Å². The lowest BCUT2D eigenvalue weighted by Crippen LogP contribution is -2.32. The van der Waals surface area contributed by atoms with Gasteiger partial charge in [0.25, 0.3) is 0 Å². The zero-order valence-corrected chi connectivity index (χ0v) is 36.1. The second kappa shape index (κ2) is 13.8. The first-order valence-corrected chi connectivity index (χ1v) is 23.2. The van der Waals surface area contributed by atoms with Gasteiger partial charge in [0.1, 0.15) is 11.5 Å². The molecule has 0 unspecified atom stereocenters. The SMILES string of the molecule is c1ccc(-c2ccccc2N(c2ccc3c(c2)C2(c4ccccc4Sc4ccccc42)c2ccccc2-3)c2cccc3c2-c2ccccc2C32c3ccccc3Oc3ccccc32)cc1. The summed E-state index contributed by atoms with van der Waals surface area (Å²) >= 11 is 1.89. The highest BCUT2D eigenvalue weighted by atomic mass is 32.2. The Bertz CT molecular complexity index is 3500. The molecule has 0 bridgehead atoms. The van der Waals surface area contributed by atoms with Gasteiger partial charge in [-0.05, 0) is 104 Å². The average Bonchev–Trinajstić information content (AvgIpc) is 3.83. The molecule has 2 nitrogen and oxygen atoms in total. The molecule has 0 radical (unpaired) electrons. The van der Waals surface area contributed by atoms with E-state index < -0.39 is 10.8 Å². The Morgan fingerprint density at radius 3 is 1.49 bits per heavy atom. The van der Waals surface area contributed by atoms with E-state index in [1.165, 1.54) is 71.0 Å². The number of hydrogen-bond acceptors (Lipinski definition) is 3. The largest absolute Gasteiger partial charge is 0.457 e. The first kappa shape index (κ1) is 36.6. The van der Waals surface area contributed by atoms with Crippen LogP contribution in [0.15, 0.2) is 246 Å². The van der Waals surface area contributed by atoms with E-state index in [1.54, 1.807) is 0 Å². The predicted molar refractivity (Wildman–Crippen MR) is 265 cm³/mol. The Hall–Kier alpha value is -7.85. The van der Waals surface area contributed by atoms with Crippen molar-refractivity contribution in [3.05, 3.63) is 281 Å². The summed E-state index contributed by atoms with van der Waals surface area (Å²) in [5.41, 5.74) is 19.7. The van der Waals surface area contributed by atoms with Crippen LogP contribution in [0.5, 0.6) is 11.5 Å². The van der Waals surface area contributed by atoms with Gasteiger partial charge in [-0.3, -0.25) is 0 Å². The van der Waals surface area contributed by atoms with E-state index in [9.17, 15) is 0 Å². The first-order valence-electron chi connectivity index (χ1n) is 22.4. The van der Waals surface area contributed by atoms with Crippen LogP contribution in [-0.2, 0) is 10.8 Å². The van der Waals surface area contributed by atoms with Crippen LogP contribution in [0.3, 0.4) is 0 Å². The smallest absolute Gasteiger partial charge is 0.132 e. The Morgan fingerprint density at radius 1 is 0.323 bits per heavy atom. The average molecular weight is 846 g/mol. The van der Waals surface area contributed by atoms with Crippen LogP contribution in [0.2, 0.25) is 0 Å². The lowest BCUT2D eigenvalue weighted by atomic mass is 9.66. The molecule has 0 fully saturated rings. The van der Waals surface area contributed by atoms with Gasteiger partial charge in [0.2, 0.25) is 0 Å². The predicted octanol–water partition coefficient (Wildman–Crippen LogP) is 16.1. The molecule has 14 rings (SSSR count). The molecule has 10 aromatic rings. The van der Waals surface area contributed by atoms with Gasteiger partial charge in [-0.15, -0.1) is 0 Å². The molecule has 0 atom stereocenters. The molecule has 3 heteroatoms. The number of para-hydroxylation sites is 3. The number of hydrogen-bond donors (Lipinski definition) is 0. The van der Waals surface area contributed by atoms with Crippen LogP contribution in [0.1, 0.15) is 44.5 Å². The fourth-order valence-corrected chi connectivity index (χ4v) is 13.2. The molecule has 4 aliphatic rings. The third-order valence-electron chi connectivity index (χ3n) is 14.4. The lowest BCUT2D eigenvalue weighted by Gasteiger charge is -2.40. The van der Waals surface area contributed by atoms with E-state index in [2.05, 4.69) is 241 Å². The highest BCUT2D eigenvalue weighted by Crippen LogP contribution is 2.66. The van der Waals surface area contributed by atoms with Crippen molar-refractivity contribution in [3.63, 3.8) is 0 Å². The minimum absolute atomic E-state index is 0.518. The summed E-state index contributed by atoms with van der Waals surface area (Å²) < 4.78 is 6.74. The lowest BCUT2D eigenvalue weighted by molar-refractivity contribution is 0.436. The molecule has 0 saturated carbocycles. The molecule has 2 spiro atoms. The molecule has 0 N–H and O–H groups in total. The minimum Gasteiger partial charge on any atom is -0.457 e. The van der Waals surface area contributed by atoms with Crippen LogP contribution < -0.4 is 9.64 Å². The molecule has 2 heterocycles. The van der Waals surface area contributed by atoms with Crippen LogP contribution in [0, 0.1) is 0 Å². The van der Waals surface area contributed by atoms with Gasteiger partial charge < -0.3 is 9.64 Å². The second-order valence-electron chi connectivity index (χ2n) is 17.4. The number of nitrogens with zero attached hydrogens (tertiary/aromatic N) is 1. The van der Waals surface area contributed by atoms with Gasteiger partial charge in [-0.1, -0.05) is 200 Å². The maximum absolute atomic E-state index is 6.74. The summed E-state index contributed by atoms with van der Waals surface area (Å²) in [6.45, 7) is 0. The van der Waals surface area contributed by atoms with Gasteiger partial charge in [0, 0.05) is 37.7 Å². The fourth-order valence-electron chi connectivity index (χ4n) is 12.0. The van der Waals surface area contributed by atoms with E-state index in [0.29, 0.717) is 0 Å². The van der Waals surface area contributed by atoms with Crippen molar-refractivity contribution in [2.45, 2.75) is 20.6 Å². The third-order valence-corrected chi connectivity index (χ3v) is 15.6. The third kappa shape index (κ3) is 4.86. The maximum atomic E-state index is 6.74. The number of rotatable bonds is 4. The summed E-state index contributed by atoms with van der Waals surface area (Å²) in [4.78, 5) is 5.15. The van der Waals surface area contributed by atoms with Crippen molar-refractivity contribution < 1.29 is 4.74 Å². The number of anilines is 3. The van der Waals surface area contributed by atoms with Gasteiger partial charge >= 0.3 is 0 Å². The van der Waals surface area contributed by atoms with Crippen molar-refractivity contribution in [1.82, 2.24) is 0 Å². The Labute approximate surface area is 383 Å². The van der Waals surface area contributed by atoms with Gasteiger partial charge in [-0.2, -0.15) is 0 Å². The van der Waals surface area contributed by atoms with E-state index in [0.717, 1.165) is 45.3 Å². The number of benzene rings is 10. The quantitative estimate of drug-likeness (QED) is 0.175. The van der Waals surface area contributed by atoms with Gasteiger partial charge in [0.05, 0.1) is 22.2 Å². The van der Waals surface area contributed by atoms with Crippen molar-refractivity contribution in [2.24, 2.45) is 0 Å². The van der Waals surface area contributed by atoms with Crippen molar-refractivity contribution in [2.75, 3.05) is 4.90 Å². The highest BCUT2D eigenvalue weighted by molar-refractivity contribution is 7.99. The second-order valence-corrected chi connectivity index (χ2v) is 18.5. The molecule has 304 valence electrons. The molecular weight excluding hydrogens is 807 g/mol. The molecule has 65 heavy (non-hydrogen) atoms. The van der Waals surface area contributed by atoms with Gasteiger partial charge in [-0.25, -0.2) is 0 Å². The van der Waals surface area contributed by atoms with Crippen molar-refractivity contribution in [1.29, 1.82) is 0 Å². The summed E-state index contributed by atoms with van der Waals surface area (Å²) in [6.07, 6.45) is 0. The van der Waals surface area contributed by atoms with E-state index >= 15 is 0 Å².